The molecule has 0 amide bonds. The Bertz CT molecular complexity index is 717. The molecule has 0 fully saturated rings. The first kappa shape index (κ1) is 18.8. The van der Waals surface area contributed by atoms with E-state index in [1.165, 1.54) is 7.11 Å². The number of pyridine rings is 1. The van der Waals surface area contributed by atoms with Crippen LogP contribution in [-0.2, 0) is 11.4 Å². The van der Waals surface area contributed by atoms with Gasteiger partial charge in [-0.15, -0.1) is 4.72 Å². The smallest absolute Gasteiger partial charge is 0.412 e. The van der Waals surface area contributed by atoms with Gasteiger partial charge in [0.1, 0.15) is 4.75 Å². The first-order valence-electron chi connectivity index (χ1n) is 7.22. The Morgan fingerprint density at radius 1 is 1.17 bits per heavy atom. The summed E-state index contributed by atoms with van der Waals surface area (Å²) in [6.07, 6.45) is -3.51. The van der Waals surface area contributed by atoms with Crippen molar-refractivity contribution in [1.29, 1.82) is 0 Å². The molecule has 1 heterocycles. The lowest BCUT2D eigenvalue weighted by Crippen LogP contribution is -2.45. The van der Waals surface area contributed by atoms with Crippen molar-refractivity contribution in [3.8, 4) is 5.88 Å². The number of methoxy groups -OCH3 is 1. The number of aromatic nitrogens is 1. The molecule has 132 valence electrons. The Morgan fingerprint density at radius 3 is 2.25 bits per heavy atom. The van der Waals surface area contributed by atoms with E-state index in [2.05, 4.69) is 9.71 Å². The van der Waals surface area contributed by atoms with Crippen LogP contribution in [0.4, 0.5) is 13.2 Å². The van der Waals surface area contributed by atoms with Crippen LogP contribution in [0.15, 0.2) is 30.5 Å². The highest BCUT2D eigenvalue weighted by Crippen LogP contribution is 2.39. The third-order valence-electron chi connectivity index (χ3n) is 3.40. The van der Waals surface area contributed by atoms with E-state index in [4.69, 9.17) is 4.74 Å². The third-order valence-corrected chi connectivity index (χ3v) is 4.96. The largest absolute Gasteiger partial charge is 0.598 e. The van der Waals surface area contributed by atoms with Crippen molar-refractivity contribution in [2.75, 3.05) is 7.11 Å². The molecule has 0 aliphatic heterocycles. The molecule has 2 atom stereocenters. The minimum atomic E-state index is -4.63. The van der Waals surface area contributed by atoms with Crippen LogP contribution in [-0.4, -0.2) is 27.6 Å². The molecule has 2 rings (SSSR count). The monoisotopic (exact) mass is 360 g/mol. The summed E-state index contributed by atoms with van der Waals surface area (Å²) in [7, 11) is 1.41. The highest BCUT2D eigenvalue weighted by atomic mass is 32.2. The number of fused-ring (bicyclic) bond motifs is 1. The highest BCUT2D eigenvalue weighted by molar-refractivity contribution is 7.90. The zero-order chi connectivity index (χ0) is 18.1. The molecule has 0 saturated carbocycles. The number of hydrogen-bond donors (Lipinski definition) is 1. The lowest BCUT2D eigenvalue weighted by Gasteiger charge is -2.29. The number of hydrogen-bond acceptors (Lipinski definition) is 4. The van der Waals surface area contributed by atoms with Gasteiger partial charge in [0.15, 0.2) is 6.04 Å². The molecule has 8 heteroatoms. The van der Waals surface area contributed by atoms with E-state index in [9.17, 15) is 17.7 Å². The number of alkyl halides is 3. The van der Waals surface area contributed by atoms with Gasteiger partial charge < -0.3 is 9.29 Å². The van der Waals surface area contributed by atoms with Crippen LogP contribution in [0.2, 0.25) is 0 Å². The molecule has 1 aromatic heterocycles. The maximum absolute atomic E-state index is 13.6. The van der Waals surface area contributed by atoms with E-state index in [1.54, 1.807) is 45.0 Å². The van der Waals surface area contributed by atoms with Gasteiger partial charge in [-0.1, -0.05) is 18.2 Å². The van der Waals surface area contributed by atoms with Gasteiger partial charge in [0.05, 0.1) is 7.11 Å². The number of halogens is 3. The van der Waals surface area contributed by atoms with E-state index in [0.29, 0.717) is 10.8 Å². The van der Waals surface area contributed by atoms with Crippen LogP contribution in [0.3, 0.4) is 0 Å². The van der Waals surface area contributed by atoms with Crippen LogP contribution in [0.1, 0.15) is 32.4 Å². The summed E-state index contributed by atoms with van der Waals surface area (Å²) in [5.41, 5.74) is -0.0866. The van der Waals surface area contributed by atoms with Crippen LogP contribution < -0.4 is 9.46 Å². The van der Waals surface area contributed by atoms with Gasteiger partial charge in [-0.2, -0.15) is 13.2 Å². The zero-order valence-electron chi connectivity index (χ0n) is 13.8. The van der Waals surface area contributed by atoms with Crippen LogP contribution in [0.5, 0.6) is 5.88 Å². The van der Waals surface area contributed by atoms with E-state index in [-0.39, 0.29) is 11.4 Å². The highest BCUT2D eigenvalue weighted by Gasteiger charge is 2.46. The van der Waals surface area contributed by atoms with Gasteiger partial charge in [-0.25, -0.2) is 4.98 Å². The maximum atomic E-state index is 13.6. The summed E-state index contributed by atoms with van der Waals surface area (Å²) in [4.78, 5) is 3.97. The quantitative estimate of drug-likeness (QED) is 0.840. The van der Waals surface area contributed by atoms with Gasteiger partial charge in [0.2, 0.25) is 5.88 Å². The summed E-state index contributed by atoms with van der Waals surface area (Å²) < 4.78 is 59.5. The lowest BCUT2D eigenvalue weighted by molar-refractivity contribution is -0.152. The standard InChI is InChI=1S/C16H19F3N2O2S/c1-15(2,3)24(22)21-13(16(17,18)19)12-9-20-14(23-4)11-8-6-5-7-10(11)12/h5-9,13,21H,1-4H3/t13-,24?/m1/s1. The second-order valence-corrected chi connectivity index (χ2v) is 8.24. The van der Waals surface area contributed by atoms with Crippen LogP contribution in [0.25, 0.3) is 10.8 Å². The molecule has 4 nitrogen and oxygen atoms in total. The summed E-state index contributed by atoms with van der Waals surface area (Å²) in [6, 6.07) is 4.44. The van der Waals surface area contributed by atoms with Crippen LogP contribution >= 0.6 is 0 Å². The fourth-order valence-electron chi connectivity index (χ4n) is 2.17. The van der Waals surface area contributed by atoms with Crippen molar-refractivity contribution in [1.82, 2.24) is 9.71 Å². The summed E-state index contributed by atoms with van der Waals surface area (Å²) >= 11 is -1.89. The number of ether oxygens (including phenoxy) is 1. The Morgan fingerprint density at radius 2 is 1.75 bits per heavy atom. The molecule has 1 unspecified atom stereocenters. The number of nitrogens with zero attached hydrogens (tertiary/aromatic N) is 1. The number of benzene rings is 1. The second kappa shape index (κ2) is 6.78. The molecule has 0 spiro atoms. The van der Waals surface area contributed by atoms with Gasteiger partial charge >= 0.3 is 6.18 Å². The van der Waals surface area contributed by atoms with Crippen molar-refractivity contribution >= 4 is 22.1 Å². The second-order valence-electron chi connectivity index (χ2n) is 6.24. The van der Waals surface area contributed by atoms with Crippen molar-refractivity contribution in [3.63, 3.8) is 0 Å². The zero-order valence-corrected chi connectivity index (χ0v) is 14.6. The molecular weight excluding hydrogens is 341 g/mol. The Kier molecular flexibility index (Phi) is 5.31. The molecule has 0 bridgehead atoms. The normalized spacial score (nSPS) is 15.3. The molecular formula is C16H19F3N2O2S. The van der Waals surface area contributed by atoms with Gasteiger partial charge in [-0.05, 0) is 32.2 Å². The van der Waals surface area contributed by atoms with E-state index in [1.807, 2.05) is 0 Å². The summed E-state index contributed by atoms with van der Waals surface area (Å²) in [6.45, 7) is 4.82. The Labute approximate surface area is 141 Å². The Balaban J connectivity index is 2.58. The molecule has 0 radical (unpaired) electrons. The van der Waals surface area contributed by atoms with E-state index >= 15 is 0 Å². The summed E-state index contributed by atoms with van der Waals surface area (Å²) in [5, 5.41) is 0.820. The molecule has 1 N–H and O–H groups in total. The third kappa shape index (κ3) is 3.93. The number of rotatable bonds is 4. The first-order valence-corrected chi connectivity index (χ1v) is 8.37. The topological polar surface area (TPSA) is 57.2 Å². The van der Waals surface area contributed by atoms with Crippen molar-refractivity contribution in [2.45, 2.75) is 37.7 Å². The number of nitrogens with one attached hydrogen (secondary N) is 1. The molecule has 0 aliphatic rings. The molecule has 2 aromatic rings. The summed E-state index contributed by atoms with van der Waals surface area (Å²) in [5.74, 6) is 0.243. The van der Waals surface area contributed by atoms with Crippen LogP contribution in [0, 0.1) is 0 Å². The fraction of sp³-hybridized carbons (Fsp3) is 0.438. The fourth-order valence-corrected chi connectivity index (χ4v) is 3.00. The van der Waals surface area contributed by atoms with Gasteiger partial charge in [0, 0.05) is 28.5 Å². The molecule has 24 heavy (non-hydrogen) atoms. The first-order chi connectivity index (χ1) is 11.1. The minimum absolute atomic E-state index is 0.0866. The van der Waals surface area contributed by atoms with E-state index in [0.717, 1.165) is 6.20 Å². The molecule has 1 aromatic carbocycles. The molecule has 0 aliphatic carbocycles. The van der Waals surface area contributed by atoms with Gasteiger partial charge in [0.25, 0.3) is 0 Å². The SMILES string of the molecule is COc1ncc([C@@H](N[S+]([O-])C(C)(C)C)C(F)(F)F)c2ccccc12. The predicted molar refractivity (Wildman–Crippen MR) is 88.1 cm³/mol. The lowest BCUT2D eigenvalue weighted by atomic mass is 10.0. The van der Waals surface area contributed by atoms with Crippen molar-refractivity contribution < 1.29 is 22.5 Å². The molecule has 0 saturated heterocycles. The van der Waals surface area contributed by atoms with Crippen molar-refractivity contribution in [2.24, 2.45) is 0 Å². The minimum Gasteiger partial charge on any atom is -0.598 e. The van der Waals surface area contributed by atoms with E-state index < -0.39 is 28.3 Å². The average Bonchev–Trinajstić information content (AvgIpc) is 2.49. The Hall–Kier alpha value is -1.51. The average molecular weight is 360 g/mol. The maximum Gasteiger partial charge on any atom is 0.412 e. The van der Waals surface area contributed by atoms with Gasteiger partial charge in [-0.3, -0.25) is 0 Å². The predicted octanol–water partition coefficient (Wildman–Crippen LogP) is 3.90. The van der Waals surface area contributed by atoms with Crippen molar-refractivity contribution in [3.05, 3.63) is 36.0 Å².